The van der Waals surface area contributed by atoms with Crippen LogP contribution in [0.25, 0.3) is 0 Å². The SMILES string of the molecule is CN(Cc1nccn1C)C(=O)COCc1ccccc1. The topological polar surface area (TPSA) is 47.4 Å². The van der Waals surface area contributed by atoms with E-state index in [1.54, 1.807) is 18.1 Å². The Hall–Kier alpha value is -2.14. The number of benzene rings is 1. The maximum absolute atomic E-state index is 11.9. The van der Waals surface area contributed by atoms with Crippen molar-refractivity contribution in [1.82, 2.24) is 14.5 Å². The van der Waals surface area contributed by atoms with E-state index in [1.807, 2.05) is 48.1 Å². The first-order valence-electron chi connectivity index (χ1n) is 6.48. The quantitative estimate of drug-likeness (QED) is 0.803. The predicted octanol–water partition coefficient (Wildman–Crippen LogP) is 1.60. The van der Waals surface area contributed by atoms with E-state index in [4.69, 9.17) is 4.74 Å². The minimum absolute atomic E-state index is 0.0519. The van der Waals surface area contributed by atoms with Gasteiger partial charge in [-0.25, -0.2) is 4.98 Å². The summed E-state index contributed by atoms with van der Waals surface area (Å²) in [5.74, 6) is 0.799. The van der Waals surface area contributed by atoms with Crippen LogP contribution < -0.4 is 0 Å². The molecule has 2 aromatic rings. The Kier molecular flexibility index (Phi) is 4.90. The third-order valence-corrected chi connectivity index (χ3v) is 3.06. The van der Waals surface area contributed by atoms with Gasteiger partial charge in [0.2, 0.25) is 5.91 Å². The number of amides is 1. The third kappa shape index (κ3) is 3.93. The van der Waals surface area contributed by atoms with Crippen molar-refractivity contribution < 1.29 is 9.53 Å². The Balaban J connectivity index is 1.76. The van der Waals surface area contributed by atoms with Gasteiger partial charge in [0, 0.05) is 26.5 Å². The van der Waals surface area contributed by atoms with Crippen molar-refractivity contribution >= 4 is 5.91 Å². The normalized spacial score (nSPS) is 10.5. The number of carbonyl (C=O) groups excluding carboxylic acids is 1. The Morgan fingerprint density at radius 1 is 1.35 bits per heavy atom. The van der Waals surface area contributed by atoms with Crippen LogP contribution in [0.15, 0.2) is 42.7 Å². The van der Waals surface area contributed by atoms with Gasteiger partial charge < -0.3 is 14.2 Å². The average molecular weight is 273 g/mol. The van der Waals surface area contributed by atoms with Crippen LogP contribution >= 0.6 is 0 Å². The zero-order valence-corrected chi connectivity index (χ0v) is 11.8. The number of aryl methyl sites for hydroxylation is 1. The third-order valence-electron chi connectivity index (χ3n) is 3.06. The van der Waals surface area contributed by atoms with E-state index < -0.39 is 0 Å². The molecular weight excluding hydrogens is 254 g/mol. The molecule has 1 aromatic carbocycles. The van der Waals surface area contributed by atoms with Gasteiger partial charge in [-0.1, -0.05) is 30.3 Å². The van der Waals surface area contributed by atoms with Crippen LogP contribution in [-0.4, -0.2) is 34.0 Å². The van der Waals surface area contributed by atoms with E-state index in [1.165, 1.54) is 0 Å². The van der Waals surface area contributed by atoms with Gasteiger partial charge in [0.25, 0.3) is 0 Å². The van der Waals surface area contributed by atoms with Gasteiger partial charge in [0.1, 0.15) is 12.4 Å². The Morgan fingerprint density at radius 2 is 2.10 bits per heavy atom. The molecule has 0 aliphatic heterocycles. The summed E-state index contributed by atoms with van der Waals surface area (Å²) in [7, 11) is 3.66. The molecule has 1 amide bonds. The van der Waals surface area contributed by atoms with Crippen molar-refractivity contribution in [3.05, 3.63) is 54.1 Å². The van der Waals surface area contributed by atoms with Gasteiger partial charge in [-0.05, 0) is 5.56 Å². The molecule has 0 unspecified atom stereocenters. The second kappa shape index (κ2) is 6.86. The zero-order valence-electron chi connectivity index (χ0n) is 11.8. The number of hydrogen-bond acceptors (Lipinski definition) is 3. The summed E-state index contributed by atoms with van der Waals surface area (Å²) in [6, 6.07) is 9.81. The lowest BCUT2D eigenvalue weighted by Gasteiger charge is -2.16. The van der Waals surface area contributed by atoms with Crippen LogP contribution in [0, 0.1) is 0 Å². The molecule has 0 radical (unpaired) electrons. The monoisotopic (exact) mass is 273 g/mol. The number of hydrogen-bond donors (Lipinski definition) is 0. The summed E-state index contributed by atoms with van der Waals surface area (Å²) in [5, 5.41) is 0. The summed E-state index contributed by atoms with van der Waals surface area (Å²) < 4.78 is 7.33. The highest BCUT2D eigenvalue weighted by atomic mass is 16.5. The first-order chi connectivity index (χ1) is 9.66. The summed E-state index contributed by atoms with van der Waals surface area (Å²) >= 11 is 0. The smallest absolute Gasteiger partial charge is 0.248 e. The van der Waals surface area contributed by atoms with Crippen LogP contribution in [0.3, 0.4) is 0 Å². The number of nitrogens with zero attached hydrogens (tertiary/aromatic N) is 3. The first-order valence-corrected chi connectivity index (χ1v) is 6.48. The molecule has 0 aliphatic carbocycles. The molecule has 1 heterocycles. The lowest BCUT2D eigenvalue weighted by atomic mass is 10.2. The van der Waals surface area contributed by atoms with E-state index in [0.29, 0.717) is 13.2 Å². The van der Waals surface area contributed by atoms with Gasteiger partial charge in [-0.3, -0.25) is 4.79 Å². The molecule has 0 atom stereocenters. The number of likely N-dealkylation sites (N-methyl/N-ethyl adjacent to an activating group) is 1. The number of carbonyl (C=O) groups is 1. The summed E-state index contributed by atoms with van der Waals surface area (Å²) in [6.45, 7) is 1.01. The standard InChI is InChI=1S/C15H19N3O2/c1-17-9-8-16-14(17)10-18(2)15(19)12-20-11-13-6-4-3-5-7-13/h3-9H,10-12H2,1-2H3. The number of ether oxygens (including phenoxy) is 1. The maximum Gasteiger partial charge on any atom is 0.248 e. The molecule has 2 rings (SSSR count). The van der Waals surface area contributed by atoms with Gasteiger partial charge in [-0.15, -0.1) is 0 Å². The van der Waals surface area contributed by atoms with Gasteiger partial charge in [-0.2, -0.15) is 0 Å². The number of imidazole rings is 1. The second-order valence-corrected chi connectivity index (χ2v) is 4.68. The minimum Gasteiger partial charge on any atom is -0.367 e. The molecule has 0 bridgehead atoms. The fraction of sp³-hybridized carbons (Fsp3) is 0.333. The highest BCUT2D eigenvalue weighted by Crippen LogP contribution is 2.02. The molecule has 5 heteroatoms. The Morgan fingerprint density at radius 3 is 2.75 bits per heavy atom. The van der Waals surface area contributed by atoms with Crippen LogP contribution in [0.1, 0.15) is 11.4 Å². The first kappa shape index (κ1) is 14.3. The molecular formula is C15H19N3O2. The molecule has 0 saturated carbocycles. The van der Waals surface area contributed by atoms with Crippen LogP contribution in [0.2, 0.25) is 0 Å². The zero-order chi connectivity index (χ0) is 14.4. The minimum atomic E-state index is -0.0519. The maximum atomic E-state index is 11.9. The molecule has 1 aromatic heterocycles. The van der Waals surface area contributed by atoms with E-state index in [-0.39, 0.29) is 12.5 Å². The molecule has 0 fully saturated rings. The molecule has 0 spiro atoms. The fourth-order valence-electron chi connectivity index (χ4n) is 1.79. The lowest BCUT2D eigenvalue weighted by molar-refractivity contribution is -0.135. The highest BCUT2D eigenvalue weighted by molar-refractivity contribution is 5.77. The molecule has 0 N–H and O–H groups in total. The Bertz CT molecular complexity index is 551. The number of rotatable bonds is 6. The number of aromatic nitrogens is 2. The lowest BCUT2D eigenvalue weighted by Crippen LogP contribution is -2.30. The van der Waals surface area contributed by atoms with E-state index in [0.717, 1.165) is 11.4 Å². The van der Waals surface area contributed by atoms with Crippen LogP contribution in [-0.2, 0) is 29.7 Å². The molecule has 5 nitrogen and oxygen atoms in total. The van der Waals surface area contributed by atoms with Crippen molar-refractivity contribution in [2.24, 2.45) is 7.05 Å². The largest absolute Gasteiger partial charge is 0.367 e. The average Bonchev–Trinajstić information content (AvgIpc) is 2.85. The van der Waals surface area contributed by atoms with Crippen molar-refractivity contribution in [3.63, 3.8) is 0 Å². The van der Waals surface area contributed by atoms with Crippen LogP contribution in [0.4, 0.5) is 0 Å². The second-order valence-electron chi connectivity index (χ2n) is 4.68. The highest BCUT2D eigenvalue weighted by Gasteiger charge is 2.11. The van der Waals surface area contributed by atoms with E-state index in [2.05, 4.69) is 4.98 Å². The van der Waals surface area contributed by atoms with Crippen molar-refractivity contribution in [2.75, 3.05) is 13.7 Å². The summed E-state index contributed by atoms with van der Waals surface area (Å²) in [4.78, 5) is 17.7. The van der Waals surface area contributed by atoms with Crippen molar-refractivity contribution in [2.45, 2.75) is 13.2 Å². The van der Waals surface area contributed by atoms with Gasteiger partial charge >= 0.3 is 0 Å². The van der Waals surface area contributed by atoms with E-state index in [9.17, 15) is 4.79 Å². The Labute approximate surface area is 118 Å². The van der Waals surface area contributed by atoms with Crippen LogP contribution in [0.5, 0.6) is 0 Å². The van der Waals surface area contributed by atoms with Gasteiger partial charge in [0.15, 0.2) is 0 Å². The van der Waals surface area contributed by atoms with Crippen molar-refractivity contribution in [1.29, 1.82) is 0 Å². The molecule has 20 heavy (non-hydrogen) atoms. The molecule has 0 saturated heterocycles. The fourth-order valence-corrected chi connectivity index (χ4v) is 1.79. The summed E-state index contributed by atoms with van der Waals surface area (Å²) in [6.07, 6.45) is 3.58. The molecule has 0 aliphatic rings. The van der Waals surface area contributed by atoms with E-state index >= 15 is 0 Å². The molecule has 106 valence electrons. The van der Waals surface area contributed by atoms with Gasteiger partial charge in [0.05, 0.1) is 13.2 Å². The van der Waals surface area contributed by atoms with Crippen molar-refractivity contribution in [3.8, 4) is 0 Å². The summed E-state index contributed by atoms with van der Waals surface area (Å²) in [5.41, 5.74) is 1.06. The predicted molar refractivity (Wildman–Crippen MR) is 75.8 cm³/mol.